The molecular weight excluding hydrogens is 460 g/mol. The molecule has 0 saturated carbocycles. The molecule has 0 amide bonds. The molecule has 2 aromatic carbocycles. The first kappa shape index (κ1) is 23.3. The lowest BCUT2D eigenvalue weighted by Gasteiger charge is -2.21. The number of anilines is 1. The topological polar surface area (TPSA) is 90.6 Å². The van der Waals surface area contributed by atoms with Gasteiger partial charge in [0.2, 0.25) is 11.2 Å². The van der Waals surface area contributed by atoms with E-state index in [0.717, 1.165) is 32.2 Å². The predicted octanol–water partition coefficient (Wildman–Crippen LogP) is 3.69. The van der Waals surface area contributed by atoms with Gasteiger partial charge in [-0.3, -0.25) is 0 Å². The third-order valence-electron chi connectivity index (χ3n) is 5.57. The molecule has 0 spiro atoms. The van der Waals surface area contributed by atoms with Crippen molar-refractivity contribution in [2.45, 2.75) is 17.7 Å². The van der Waals surface area contributed by atoms with Crippen molar-refractivity contribution in [3.63, 3.8) is 0 Å². The Morgan fingerprint density at radius 3 is 2.70 bits per heavy atom. The van der Waals surface area contributed by atoms with E-state index in [9.17, 15) is 17.8 Å². The van der Waals surface area contributed by atoms with Crippen molar-refractivity contribution < 1.29 is 27.1 Å². The average molecular weight is 485 g/mol. The van der Waals surface area contributed by atoms with E-state index in [1.165, 1.54) is 7.11 Å². The van der Waals surface area contributed by atoms with Gasteiger partial charge in [-0.2, -0.15) is 4.57 Å². The van der Waals surface area contributed by atoms with Gasteiger partial charge in [0.25, 0.3) is 0 Å². The number of methoxy groups -OCH3 is 1. The van der Waals surface area contributed by atoms with Crippen LogP contribution in [-0.4, -0.2) is 38.3 Å². The largest absolute Gasteiger partial charge is 0.748 e. The first-order valence-electron chi connectivity index (χ1n) is 10.5. The van der Waals surface area contributed by atoms with E-state index in [1.54, 1.807) is 23.9 Å². The summed E-state index contributed by atoms with van der Waals surface area (Å²) >= 11 is 1.59. The van der Waals surface area contributed by atoms with Crippen LogP contribution in [0.25, 0.3) is 17.0 Å². The van der Waals surface area contributed by atoms with Crippen LogP contribution in [0.2, 0.25) is 0 Å². The van der Waals surface area contributed by atoms with Crippen molar-refractivity contribution in [1.82, 2.24) is 0 Å². The lowest BCUT2D eigenvalue weighted by Crippen LogP contribution is -2.33. The van der Waals surface area contributed by atoms with Gasteiger partial charge >= 0.3 is 5.97 Å². The first-order chi connectivity index (χ1) is 15.8. The number of fused-ring (bicyclic) bond motifs is 2. The first-order valence-corrected chi connectivity index (χ1v) is 12.9. The molecule has 0 N–H and O–H groups in total. The number of thioether (sulfide) groups is 1. The number of carbonyl (C=O) groups excluding carboxylic acids is 1. The standard InChI is InChI=1S/C24H24N2O5S2/c1-25-19(11-9-17-7-3-4-8-20(17)25)16-23-26(13-5-6-14-33(28,29)30)21-15-18(24(27)31-2)10-12-22(21)32-23/h3-4,7-12,15-16H,5-6,13-14H2,1-2H3. The van der Waals surface area contributed by atoms with Crippen molar-refractivity contribution in [2.24, 2.45) is 7.05 Å². The number of esters is 1. The van der Waals surface area contributed by atoms with Crippen molar-refractivity contribution in [3.05, 3.63) is 70.9 Å². The number of para-hydroxylation sites is 1. The highest BCUT2D eigenvalue weighted by Crippen LogP contribution is 2.47. The monoisotopic (exact) mass is 484 g/mol. The Bertz CT molecular complexity index is 1350. The third kappa shape index (κ3) is 5.21. The molecule has 7 nitrogen and oxygen atoms in total. The highest BCUT2D eigenvalue weighted by atomic mass is 32.2. The van der Waals surface area contributed by atoms with Crippen LogP contribution in [0.1, 0.15) is 28.9 Å². The Balaban J connectivity index is 1.69. The van der Waals surface area contributed by atoms with E-state index < -0.39 is 16.1 Å². The number of benzene rings is 2. The molecule has 0 radical (unpaired) electrons. The van der Waals surface area contributed by atoms with Crippen LogP contribution < -0.4 is 9.47 Å². The minimum atomic E-state index is -4.24. The molecule has 0 saturated heterocycles. The summed E-state index contributed by atoms with van der Waals surface area (Å²) in [5.74, 6) is -0.805. The number of ether oxygens (including phenoxy) is 1. The van der Waals surface area contributed by atoms with Crippen LogP contribution in [0.15, 0.2) is 64.5 Å². The summed E-state index contributed by atoms with van der Waals surface area (Å²) in [6, 6.07) is 17.7. The number of hydrogen-bond donors (Lipinski definition) is 0. The normalized spacial score (nSPS) is 14.6. The number of aromatic nitrogens is 1. The SMILES string of the molecule is COC(=O)c1ccc2c(c1)N(CCCCS(=O)(=O)[O-])/C(=C/c1ccc3ccccc3[n+]1C)S2. The maximum absolute atomic E-state index is 12.1. The van der Waals surface area contributed by atoms with Crippen LogP contribution in [0.5, 0.6) is 0 Å². The Labute approximate surface area is 197 Å². The molecule has 0 aliphatic carbocycles. The van der Waals surface area contributed by atoms with Crippen molar-refractivity contribution in [2.75, 3.05) is 24.3 Å². The summed E-state index contributed by atoms with van der Waals surface area (Å²) < 4.78 is 40.0. The van der Waals surface area contributed by atoms with Gasteiger partial charge in [0.15, 0.2) is 0 Å². The Morgan fingerprint density at radius 2 is 1.94 bits per heavy atom. The molecule has 0 unspecified atom stereocenters. The summed E-state index contributed by atoms with van der Waals surface area (Å²) in [7, 11) is -0.885. The van der Waals surface area contributed by atoms with Gasteiger partial charge < -0.3 is 14.2 Å². The maximum atomic E-state index is 12.1. The molecule has 9 heteroatoms. The second-order valence-electron chi connectivity index (χ2n) is 7.76. The molecule has 4 rings (SSSR count). The van der Waals surface area contributed by atoms with E-state index >= 15 is 0 Å². The van der Waals surface area contributed by atoms with Crippen LogP contribution in [-0.2, 0) is 21.9 Å². The summed E-state index contributed by atoms with van der Waals surface area (Å²) in [6.45, 7) is 0.517. The zero-order valence-corrected chi connectivity index (χ0v) is 20.0. The van der Waals surface area contributed by atoms with Crippen LogP contribution in [0.4, 0.5) is 5.69 Å². The minimum Gasteiger partial charge on any atom is -0.748 e. The number of nitrogens with zero attached hydrogens (tertiary/aromatic N) is 2. The average Bonchev–Trinajstić information content (AvgIpc) is 3.13. The second-order valence-corrected chi connectivity index (χ2v) is 10.3. The molecule has 1 aromatic heterocycles. The van der Waals surface area contributed by atoms with E-state index in [2.05, 4.69) is 39.8 Å². The van der Waals surface area contributed by atoms with E-state index in [4.69, 9.17) is 4.74 Å². The van der Waals surface area contributed by atoms with Gasteiger partial charge in [-0.15, -0.1) is 0 Å². The van der Waals surface area contributed by atoms with Crippen molar-refractivity contribution in [1.29, 1.82) is 0 Å². The second kappa shape index (κ2) is 9.54. The molecular formula is C24H24N2O5S2. The smallest absolute Gasteiger partial charge is 0.337 e. The van der Waals surface area contributed by atoms with E-state index in [-0.39, 0.29) is 12.2 Å². The molecule has 2 heterocycles. The predicted molar refractivity (Wildman–Crippen MR) is 128 cm³/mol. The lowest BCUT2D eigenvalue weighted by atomic mass is 10.1. The lowest BCUT2D eigenvalue weighted by molar-refractivity contribution is -0.646. The zero-order valence-electron chi connectivity index (χ0n) is 18.4. The van der Waals surface area contributed by atoms with Gasteiger partial charge in [0, 0.05) is 40.8 Å². The number of carbonyl (C=O) groups is 1. The van der Waals surface area contributed by atoms with Gasteiger partial charge in [-0.25, -0.2) is 13.2 Å². The molecule has 1 aliphatic heterocycles. The van der Waals surface area contributed by atoms with Crippen LogP contribution in [0, 0.1) is 0 Å². The summed E-state index contributed by atoms with van der Waals surface area (Å²) in [5, 5.41) is 2.10. The van der Waals surface area contributed by atoms with Crippen LogP contribution >= 0.6 is 11.8 Å². The maximum Gasteiger partial charge on any atom is 0.337 e. The zero-order chi connectivity index (χ0) is 23.6. The summed E-state index contributed by atoms with van der Waals surface area (Å²) in [5.41, 5.74) is 3.42. The fourth-order valence-corrected chi connectivity index (χ4v) is 5.54. The Kier molecular flexibility index (Phi) is 6.73. The molecule has 0 bridgehead atoms. The van der Waals surface area contributed by atoms with Crippen LogP contribution in [0.3, 0.4) is 0 Å². The van der Waals surface area contributed by atoms with E-state index in [0.29, 0.717) is 18.5 Å². The number of unbranched alkanes of at least 4 members (excludes halogenated alkanes) is 1. The third-order valence-corrected chi connectivity index (χ3v) is 7.47. The number of aryl methyl sites for hydroxylation is 1. The van der Waals surface area contributed by atoms with Crippen molar-refractivity contribution in [3.8, 4) is 0 Å². The van der Waals surface area contributed by atoms with Crippen molar-refractivity contribution >= 4 is 50.5 Å². The number of rotatable bonds is 7. The van der Waals surface area contributed by atoms with Gasteiger partial charge in [0.1, 0.15) is 7.05 Å². The summed E-state index contributed by atoms with van der Waals surface area (Å²) in [6.07, 6.45) is 2.88. The highest BCUT2D eigenvalue weighted by Gasteiger charge is 2.27. The fraction of sp³-hybridized carbons (Fsp3) is 0.250. The van der Waals surface area contributed by atoms with Gasteiger partial charge in [-0.1, -0.05) is 23.9 Å². The number of hydrogen-bond acceptors (Lipinski definition) is 7. The van der Waals surface area contributed by atoms with Gasteiger partial charge in [0.05, 0.1) is 33.5 Å². The Hall–Kier alpha value is -2.88. The quantitative estimate of drug-likeness (QED) is 0.219. The minimum absolute atomic E-state index is 0.274. The molecule has 33 heavy (non-hydrogen) atoms. The number of pyridine rings is 1. The van der Waals surface area contributed by atoms with Gasteiger partial charge in [-0.05, 0) is 43.2 Å². The molecule has 3 aromatic rings. The molecule has 0 atom stereocenters. The molecule has 172 valence electrons. The summed E-state index contributed by atoms with van der Waals surface area (Å²) in [4.78, 5) is 15.1. The fourth-order valence-electron chi connectivity index (χ4n) is 3.86. The van der Waals surface area contributed by atoms with E-state index in [1.807, 2.05) is 25.2 Å². The highest BCUT2D eigenvalue weighted by molar-refractivity contribution is 8.03. The molecule has 1 aliphatic rings. The Morgan fingerprint density at radius 1 is 1.15 bits per heavy atom. The molecule has 0 fully saturated rings.